The number of likely N-dealkylation sites (tertiary alicyclic amines) is 1. The van der Waals surface area contributed by atoms with Crippen LogP contribution in [0, 0.1) is 10.1 Å². The lowest BCUT2D eigenvalue weighted by molar-refractivity contribution is -0.384. The molecule has 1 unspecified atom stereocenters. The van der Waals surface area contributed by atoms with Gasteiger partial charge in [0.1, 0.15) is 11.6 Å². The Morgan fingerprint density at radius 3 is 2.71 bits per heavy atom. The van der Waals surface area contributed by atoms with Gasteiger partial charge in [0.25, 0.3) is 5.69 Å². The van der Waals surface area contributed by atoms with E-state index >= 15 is 0 Å². The van der Waals surface area contributed by atoms with Gasteiger partial charge in [0.15, 0.2) is 0 Å². The summed E-state index contributed by atoms with van der Waals surface area (Å²) in [5.41, 5.74) is 0.0610. The van der Waals surface area contributed by atoms with Crippen molar-refractivity contribution in [3.8, 4) is 0 Å². The van der Waals surface area contributed by atoms with Gasteiger partial charge < -0.3 is 15.5 Å². The van der Waals surface area contributed by atoms with Crippen LogP contribution in [-0.2, 0) is 0 Å². The molecule has 2 rings (SSSR count). The van der Waals surface area contributed by atoms with Crippen LogP contribution in [0.25, 0.3) is 0 Å². The van der Waals surface area contributed by atoms with Gasteiger partial charge in [-0.1, -0.05) is 6.92 Å². The SMILES string of the molecule is CCCNc1cc([N+](=O)[O-])cc(NCC2CCCN2C)n1. The molecule has 0 amide bonds. The van der Waals surface area contributed by atoms with Gasteiger partial charge in [-0.3, -0.25) is 10.1 Å². The van der Waals surface area contributed by atoms with Gasteiger partial charge in [-0.2, -0.15) is 0 Å². The lowest BCUT2D eigenvalue weighted by Gasteiger charge is -2.20. The number of likely N-dealkylation sites (N-methyl/N-ethyl adjacent to an activating group) is 1. The number of nitro groups is 1. The van der Waals surface area contributed by atoms with Crippen LogP contribution in [0.4, 0.5) is 17.3 Å². The van der Waals surface area contributed by atoms with Gasteiger partial charge in [-0.15, -0.1) is 0 Å². The second-order valence-electron chi connectivity index (χ2n) is 5.44. The minimum atomic E-state index is -0.383. The Hall–Kier alpha value is -1.89. The van der Waals surface area contributed by atoms with Gasteiger partial charge >= 0.3 is 0 Å². The summed E-state index contributed by atoms with van der Waals surface area (Å²) in [6.07, 6.45) is 3.30. The average Bonchev–Trinajstić information content (AvgIpc) is 2.88. The van der Waals surface area contributed by atoms with Crippen LogP contribution in [0.15, 0.2) is 12.1 Å². The van der Waals surface area contributed by atoms with E-state index in [2.05, 4.69) is 27.6 Å². The molecule has 1 aliphatic heterocycles. The fourth-order valence-electron chi connectivity index (χ4n) is 2.52. The van der Waals surface area contributed by atoms with E-state index in [-0.39, 0.29) is 10.6 Å². The highest BCUT2D eigenvalue weighted by molar-refractivity contribution is 5.54. The molecule has 7 nitrogen and oxygen atoms in total. The van der Waals surface area contributed by atoms with Crippen molar-refractivity contribution in [1.82, 2.24) is 9.88 Å². The van der Waals surface area contributed by atoms with Crippen molar-refractivity contribution in [3.05, 3.63) is 22.2 Å². The van der Waals surface area contributed by atoms with Crippen LogP contribution in [0.3, 0.4) is 0 Å². The summed E-state index contributed by atoms with van der Waals surface area (Å²) in [6, 6.07) is 3.44. The van der Waals surface area contributed by atoms with E-state index in [1.165, 1.54) is 18.6 Å². The predicted octanol–water partition coefficient (Wildman–Crippen LogP) is 2.32. The molecule has 1 fully saturated rings. The largest absolute Gasteiger partial charge is 0.370 e. The first-order valence-electron chi connectivity index (χ1n) is 7.44. The summed E-state index contributed by atoms with van der Waals surface area (Å²) in [5.74, 6) is 1.11. The third-order valence-electron chi connectivity index (χ3n) is 3.77. The van der Waals surface area contributed by atoms with Crippen LogP contribution in [-0.4, -0.2) is 47.5 Å². The van der Waals surface area contributed by atoms with E-state index in [1.54, 1.807) is 0 Å². The maximum Gasteiger partial charge on any atom is 0.276 e. The zero-order chi connectivity index (χ0) is 15.2. The summed E-state index contributed by atoms with van der Waals surface area (Å²) in [6.45, 7) is 4.66. The topological polar surface area (TPSA) is 83.3 Å². The molecule has 1 saturated heterocycles. The van der Waals surface area contributed by atoms with Gasteiger partial charge in [0.2, 0.25) is 0 Å². The molecule has 0 aromatic carbocycles. The maximum atomic E-state index is 11.0. The smallest absolute Gasteiger partial charge is 0.276 e. The normalized spacial score (nSPS) is 18.7. The number of anilines is 2. The van der Waals surface area contributed by atoms with Crippen molar-refractivity contribution in [1.29, 1.82) is 0 Å². The van der Waals surface area contributed by atoms with Crippen LogP contribution < -0.4 is 10.6 Å². The van der Waals surface area contributed by atoms with Crippen molar-refractivity contribution >= 4 is 17.3 Å². The maximum absolute atomic E-state index is 11.0. The third kappa shape index (κ3) is 4.29. The molecule has 0 spiro atoms. The first kappa shape index (κ1) is 15.5. The lowest BCUT2D eigenvalue weighted by Crippen LogP contribution is -2.31. The van der Waals surface area contributed by atoms with E-state index < -0.39 is 0 Å². The Labute approximate surface area is 124 Å². The van der Waals surface area contributed by atoms with Gasteiger partial charge in [-0.25, -0.2) is 4.98 Å². The summed E-state index contributed by atoms with van der Waals surface area (Å²) >= 11 is 0. The summed E-state index contributed by atoms with van der Waals surface area (Å²) in [7, 11) is 2.11. The molecule has 1 aromatic rings. The molecule has 1 aromatic heterocycles. The van der Waals surface area contributed by atoms with E-state index in [1.807, 2.05) is 6.92 Å². The first-order chi connectivity index (χ1) is 10.1. The van der Waals surface area contributed by atoms with Crippen LogP contribution in [0.2, 0.25) is 0 Å². The highest BCUT2D eigenvalue weighted by Gasteiger charge is 2.21. The molecule has 2 N–H and O–H groups in total. The minimum Gasteiger partial charge on any atom is -0.370 e. The zero-order valence-corrected chi connectivity index (χ0v) is 12.6. The fraction of sp³-hybridized carbons (Fsp3) is 0.643. The van der Waals surface area contributed by atoms with Crippen molar-refractivity contribution < 1.29 is 4.92 Å². The third-order valence-corrected chi connectivity index (χ3v) is 3.77. The minimum absolute atomic E-state index is 0.0610. The van der Waals surface area contributed by atoms with Gasteiger partial charge in [0, 0.05) is 19.1 Å². The van der Waals surface area contributed by atoms with E-state index in [0.717, 1.165) is 32.5 Å². The monoisotopic (exact) mass is 293 g/mol. The second-order valence-corrected chi connectivity index (χ2v) is 5.44. The Kier molecular flexibility index (Phi) is 5.32. The molecule has 7 heteroatoms. The molecule has 0 saturated carbocycles. The quantitative estimate of drug-likeness (QED) is 0.593. The van der Waals surface area contributed by atoms with E-state index in [4.69, 9.17) is 0 Å². The molecular formula is C14H23N5O2. The Morgan fingerprint density at radius 1 is 1.43 bits per heavy atom. The molecule has 21 heavy (non-hydrogen) atoms. The second kappa shape index (κ2) is 7.21. The highest BCUT2D eigenvalue weighted by atomic mass is 16.6. The summed E-state index contributed by atoms with van der Waals surface area (Å²) < 4.78 is 0. The molecule has 1 atom stereocenters. The van der Waals surface area contributed by atoms with Crippen LogP contribution in [0.1, 0.15) is 26.2 Å². The Balaban J connectivity index is 2.05. The zero-order valence-electron chi connectivity index (χ0n) is 12.6. The Morgan fingerprint density at radius 2 is 2.14 bits per heavy atom. The molecule has 2 heterocycles. The number of rotatable bonds is 7. The van der Waals surface area contributed by atoms with Gasteiger partial charge in [0.05, 0.1) is 17.1 Å². The van der Waals surface area contributed by atoms with Gasteiger partial charge in [-0.05, 0) is 32.9 Å². The lowest BCUT2D eigenvalue weighted by atomic mass is 10.2. The van der Waals surface area contributed by atoms with Crippen LogP contribution >= 0.6 is 0 Å². The summed E-state index contributed by atoms with van der Waals surface area (Å²) in [5, 5.41) is 17.3. The number of pyridine rings is 1. The van der Waals surface area contributed by atoms with Crippen molar-refractivity contribution in [3.63, 3.8) is 0 Å². The molecule has 0 aliphatic carbocycles. The van der Waals surface area contributed by atoms with Crippen molar-refractivity contribution in [2.75, 3.05) is 37.3 Å². The summed E-state index contributed by atoms with van der Waals surface area (Å²) in [4.78, 5) is 17.3. The first-order valence-corrected chi connectivity index (χ1v) is 7.44. The molecule has 1 aliphatic rings. The number of aromatic nitrogens is 1. The Bertz CT molecular complexity index is 494. The fourth-order valence-corrected chi connectivity index (χ4v) is 2.52. The highest BCUT2D eigenvalue weighted by Crippen LogP contribution is 2.22. The van der Waals surface area contributed by atoms with E-state index in [9.17, 15) is 10.1 Å². The van der Waals surface area contributed by atoms with Crippen LogP contribution in [0.5, 0.6) is 0 Å². The molecule has 116 valence electrons. The van der Waals surface area contributed by atoms with Crippen molar-refractivity contribution in [2.45, 2.75) is 32.2 Å². The standard InChI is InChI=1S/C14H23N5O2/c1-3-6-15-13-8-12(19(20)21)9-14(17-13)16-10-11-5-4-7-18(11)2/h8-9,11H,3-7,10H2,1-2H3,(H2,15,16,17). The number of hydrogen-bond donors (Lipinski definition) is 2. The number of hydrogen-bond acceptors (Lipinski definition) is 6. The molecule has 0 bridgehead atoms. The van der Waals surface area contributed by atoms with E-state index in [0.29, 0.717) is 17.7 Å². The predicted molar refractivity (Wildman–Crippen MR) is 83.8 cm³/mol. The molecule has 0 radical (unpaired) electrons. The average molecular weight is 293 g/mol. The van der Waals surface area contributed by atoms with Crippen molar-refractivity contribution in [2.24, 2.45) is 0 Å². The number of nitrogens with zero attached hydrogens (tertiary/aromatic N) is 3. The number of nitrogens with one attached hydrogen (secondary N) is 2. The molecular weight excluding hydrogens is 270 g/mol.